The van der Waals surface area contributed by atoms with Crippen molar-refractivity contribution in [2.24, 2.45) is 0 Å². The summed E-state index contributed by atoms with van der Waals surface area (Å²) in [4.78, 5) is 33.8. The van der Waals surface area contributed by atoms with Crippen LogP contribution >= 0.6 is 0 Å². The van der Waals surface area contributed by atoms with Crippen LogP contribution in [0.25, 0.3) is 0 Å². The topological polar surface area (TPSA) is 103 Å². The molecule has 0 aliphatic rings. The van der Waals surface area contributed by atoms with Crippen molar-refractivity contribution in [1.29, 1.82) is 0 Å². The first kappa shape index (κ1) is 23.2. The fraction of sp³-hybridized carbons (Fsp3) is 0.824. The summed E-state index contributed by atoms with van der Waals surface area (Å²) >= 11 is 0. The number of amides is 1. The summed E-state index contributed by atoms with van der Waals surface area (Å²) in [6.07, 6.45) is 1.68. The van der Waals surface area contributed by atoms with Gasteiger partial charge in [0.15, 0.2) is 0 Å². The van der Waals surface area contributed by atoms with Crippen LogP contribution in [0.5, 0.6) is 0 Å². The zero-order valence-corrected chi connectivity index (χ0v) is 16.0. The summed E-state index contributed by atoms with van der Waals surface area (Å²) in [6, 6.07) is -0.0746. The van der Waals surface area contributed by atoms with Crippen molar-refractivity contribution in [3.05, 3.63) is 0 Å². The normalized spacial score (nSPS) is 12.2. The van der Waals surface area contributed by atoms with Crippen LogP contribution in [-0.4, -0.2) is 56.5 Å². The van der Waals surface area contributed by atoms with Gasteiger partial charge in [-0.1, -0.05) is 0 Å². The van der Waals surface area contributed by atoms with Gasteiger partial charge in [-0.25, -0.2) is 4.79 Å². The fourth-order valence-electron chi connectivity index (χ4n) is 1.81. The monoisotopic (exact) mass is 360 g/mol. The van der Waals surface area contributed by atoms with E-state index in [1.165, 1.54) is 6.92 Å². The predicted octanol–water partition coefficient (Wildman–Crippen LogP) is 1.77. The lowest BCUT2D eigenvalue weighted by molar-refractivity contribution is -0.144. The predicted molar refractivity (Wildman–Crippen MR) is 93.1 cm³/mol. The van der Waals surface area contributed by atoms with Crippen LogP contribution in [0.2, 0.25) is 0 Å². The Morgan fingerprint density at radius 2 is 1.76 bits per heavy atom. The molecule has 0 aliphatic carbocycles. The Balaban J connectivity index is 3.66. The molecule has 146 valence electrons. The summed E-state index contributed by atoms with van der Waals surface area (Å²) < 4.78 is 15.1. The molecule has 0 spiro atoms. The van der Waals surface area contributed by atoms with Gasteiger partial charge >= 0.3 is 18.0 Å². The van der Waals surface area contributed by atoms with E-state index in [0.29, 0.717) is 32.4 Å². The largest absolute Gasteiger partial charge is 0.466 e. The SMILES string of the molecule is CNC(CCC(=O)OCCCCNC(=O)OC(C)(C)C)COC(C)=O. The highest BCUT2D eigenvalue weighted by Gasteiger charge is 2.15. The van der Waals surface area contributed by atoms with Crippen LogP contribution in [0.3, 0.4) is 0 Å². The van der Waals surface area contributed by atoms with Crippen LogP contribution in [0.4, 0.5) is 4.79 Å². The number of carbonyl (C=O) groups excluding carboxylic acids is 3. The third-order valence-electron chi connectivity index (χ3n) is 3.10. The molecule has 0 radical (unpaired) electrons. The molecule has 0 saturated heterocycles. The minimum absolute atomic E-state index is 0.0746. The Morgan fingerprint density at radius 3 is 2.32 bits per heavy atom. The molecule has 0 rings (SSSR count). The van der Waals surface area contributed by atoms with Gasteiger partial charge in [-0.15, -0.1) is 0 Å². The minimum Gasteiger partial charge on any atom is -0.466 e. The van der Waals surface area contributed by atoms with E-state index in [4.69, 9.17) is 14.2 Å². The number of unbranched alkanes of at least 4 members (excludes halogenated alkanes) is 1. The van der Waals surface area contributed by atoms with E-state index in [-0.39, 0.29) is 31.0 Å². The van der Waals surface area contributed by atoms with Gasteiger partial charge in [0.05, 0.1) is 6.61 Å². The third-order valence-corrected chi connectivity index (χ3v) is 3.10. The molecule has 25 heavy (non-hydrogen) atoms. The molecule has 0 aromatic rings. The Bertz CT molecular complexity index is 420. The highest BCUT2D eigenvalue weighted by molar-refractivity contribution is 5.69. The van der Waals surface area contributed by atoms with E-state index in [2.05, 4.69) is 10.6 Å². The number of ether oxygens (including phenoxy) is 3. The smallest absolute Gasteiger partial charge is 0.407 e. The van der Waals surface area contributed by atoms with Crippen molar-refractivity contribution < 1.29 is 28.6 Å². The van der Waals surface area contributed by atoms with E-state index >= 15 is 0 Å². The van der Waals surface area contributed by atoms with Gasteiger partial charge in [0, 0.05) is 25.9 Å². The van der Waals surface area contributed by atoms with Crippen LogP contribution in [0.15, 0.2) is 0 Å². The fourth-order valence-corrected chi connectivity index (χ4v) is 1.81. The molecule has 8 heteroatoms. The first-order valence-corrected chi connectivity index (χ1v) is 8.57. The van der Waals surface area contributed by atoms with E-state index in [1.54, 1.807) is 27.8 Å². The quantitative estimate of drug-likeness (QED) is 0.329. The van der Waals surface area contributed by atoms with Gasteiger partial charge in [0.2, 0.25) is 0 Å². The van der Waals surface area contributed by atoms with Gasteiger partial charge < -0.3 is 24.8 Å². The summed E-state index contributed by atoms with van der Waals surface area (Å²) in [5, 5.41) is 5.63. The number of carbonyl (C=O) groups is 3. The summed E-state index contributed by atoms with van der Waals surface area (Å²) in [7, 11) is 1.75. The molecule has 1 atom stereocenters. The Hall–Kier alpha value is -1.83. The summed E-state index contributed by atoms with van der Waals surface area (Å²) in [5.41, 5.74) is -0.514. The molecular formula is C17H32N2O6. The van der Waals surface area contributed by atoms with Gasteiger partial charge in [0.25, 0.3) is 0 Å². The Labute approximate surface area is 150 Å². The second-order valence-electron chi connectivity index (χ2n) is 6.68. The van der Waals surface area contributed by atoms with Crippen molar-refractivity contribution >= 4 is 18.0 Å². The van der Waals surface area contributed by atoms with Gasteiger partial charge in [-0.05, 0) is 47.1 Å². The van der Waals surface area contributed by atoms with Crippen molar-refractivity contribution in [3.8, 4) is 0 Å². The molecule has 0 aromatic carbocycles. The molecule has 0 aromatic heterocycles. The molecule has 1 unspecified atom stereocenters. The molecular weight excluding hydrogens is 328 g/mol. The third kappa shape index (κ3) is 15.4. The van der Waals surface area contributed by atoms with Crippen LogP contribution in [0, 0.1) is 0 Å². The number of likely N-dealkylation sites (N-methyl/N-ethyl adjacent to an activating group) is 1. The number of hydrogen-bond acceptors (Lipinski definition) is 7. The van der Waals surface area contributed by atoms with Gasteiger partial charge in [-0.2, -0.15) is 0 Å². The number of nitrogens with one attached hydrogen (secondary N) is 2. The second kappa shape index (κ2) is 12.5. The van der Waals surface area contributed by atoms with Crippen LogP contribution in [0.1, 0.15) is 53.4 Å². The molecule has 8 nitrogen and oxygen atoms in total. The van der Waals surface area contributed by atoms with Crippen LogP contribution < -0.4 is 10.6 Å². The zero-order valence-electron chi connectivity index (χ0n) is 16.0. The zero-order chi connectivity index (χ0) is 19.3. The lowest BCUT2D eigenvalue weighted by Gasteiger charge is -2.19. The standard InChI is InChI=1S/C17H32N2O6/c1-13(20)24-12-14(18-5)8-9-15(21)23-11-7-6-10-19-16(22)25-17(2,3)4/h14,18H,6-12H2,1-5H3,(H,19,22). The number of hydrogen-bond donors (Lipinski definition) is 2. The Kier molecular flexibility index (Phi) is 11.6. The maximum Gasteiger partial charge on any atom is 0.407 e. The first-order valence-electron chi connectivity index (χ1n) is 8.57. The summed E-state index contributed by atoms with van der Waals surface area (Å²) in [6.45, 7) is 7.76. The Morgan fingerprint density at radius 1 is 1.08 bits per heavy atom. The van der Waals surface area contributed by atoms with E-state index in [1.807, 2.05) is 0 Å². The van der Waals surface area contributed by atoms with Gasteiger partial charge in [0.1, 0.15) is 12.2 Å². The van der Waals surface area contributed by atoms with E-state index in [9.17, 15) is 14.4 Å². The second-order valence-corrected chi connectivity index (χ2v) is 6.68. The van der Waals surface area contributed by atoms with Crippen LogP contribution in [-0.2, 0) is 23.8 Å². The number of alkyl carbamates (subject to hydrolysis) is 1. The molecule has 0 bridgehead atoms. The van der Waals surface area contributed by atoms with Crippen molar-refractivity contribution in [2.45, 2.75) is 65.0 Å². The lowest BCUT2D eigenvalue weighted by atomic mass is 10.2. The number of rotatable bonds is 11. The first-order chi connectivity index (χ1) is 11.6. The summed E-state index contributed by atoms with van der Waals surface area (Å²) in [5.74, 6) is -0.633. The molecule has 0 heterocycles. The van der Waals surface area contributed by atoms with E-state index < -0.39 is 11.7 Å². The molecule has 0 fully saturated rings. The van der Waals surface area contributed by atoms with Gasteiger partial charge in [-0.3, -0.25) is 9.59 Å². The average molecular weight is 360 g/mol. The van der Waals surface area contributed by atoms with Crippen molar-refractivity contribution in [2.75, 3.05) is 26.8 Å². The molecule has 1 amide bonds. The minimum atomic E-state index is -0.514. The highest BCUT2D eigenvalue weighted by atomic mass is 16.6. The lowest BCUT2D eigenvalue weighted by Crippen LogP contribution is -2.33. The van der Waals surface area contributed by atoms with E-state index in [0.717, 1.165) is 0 Å². The average Bonchev–Trinajstić information content (AvgIpc) is 2.48. The molecule has 2 N–H and O–H groups in total. The highest BCUT2D eigenvalue weighted by Crippen LogP contribution is 2.06. The molecule has 0 saturated carbocycles. The maximum atomic E-state index is 11.7. The molecule has 0 aliphatic heterocycles. The van der Waals surface area contributed by atoms with Crippen molar-refractivity contribution in [1.82, 2.24) is 10.6 Å². The maximum absolute atomic E-state index is 11.7. The van der Waals surface area contributed by atoms with Crippen molar-refractivity contribution in [3.63, 3.8) is 0 Å². The number of esters is 2.